The minimum atomic E-state index is -1.22. The van der Waals surface area contributed by atoms with Gasteiger partial charge in [-0.25, -0.2) is 9.78 Å². The highest BCUT2D eigenvalue weighted by Crippen LogP contribution is 2.41. The zero-order chi connectivity index (χ0) is 25.7. The van der Waals surface area contributed by atoms with Crippen molar-refractivity contribution in [3.8, 4) is 0 Å². The number of carbonyl (C=O) groups excluding carboxylic acids is 3. The Kier molecular flexibility index (Phi) is 8.52. The van der Waals surface area contributed by atoms with Gasteiger partial charge in [-0.15, -0.1) is 33.3 Å². The van der Waals surface area contributed by atoms with Gasteiger partial charge in [0.15, 0.2) is 15.2 Å². The van der Waals surface area contributed by atoms with Crippen molar-refractivity contribution < 1.29 is 29.1 Å². The number of β-lactam (4-membered cyclic amide) rings is 1. The Morgan fingerprint density at radius 1 is 1.42 bits per heavy atom. The van der Waals surface area contributed by atoms with E-state index in [0.29, 0.717) is 27.8 Å². The highest BCUT2D eigenvalue weighted by molar-refractivity contribution is 8.01. The summed E-state index contributed by atoms with van der Waals surface area (Å²) in [5.41, 5.74) is 7.39. The number of fused-ring (bicyclic) bond motifs is 1. The van der Waals surface area contributed by atoms with Gasteiger partial charge in [0.1, 0.15) is 34.9 Å². The van der Waals surface area contributed by atoms with Crippen LogP contribution < -0.4 is 16.4 Å². The van der Waals surface area contributed by atoms with Crippen molar-refractivity contribution in [2.75, 3.05) is 30.0 Å². The summed E-state index contributed by atoms with van der Waals surface area (Å²) in [5.74, 6) is -1.82. The molecule has 14 nitrogen and oxygen atoms in total. The summed E-state index contributed by atoms with van der Waals surface area (Å²) in [6.07, 6.45) is 0.445. The number of carboxylic acids is 1. The maximum absolute atomic E-state index is 13.0. The quantitative estimate of drug-likeness (QED) is 0.0653. The summed E-state index contributed by atoms with van der Waals surface area (Å²) in [7, 11) is 0. The Labute approximate surface area is 219 Å². The van der Waals surface area contributed by atoms with Crippen LogP contribution in [0.4, 0.5) is 5.13 Å². The van der Waals surface area contributed by atoms with Gasteiger partial charge in [0, 0.05) is 23.4 Å². The third-order valence-electron chi connectivity index (χ3n) is 4.76. The van der Waals surface area contributed by atoms with Crippen LogP contribution in [0, 0.1) is 0 Å². The molecule has 0 aromatic carbocycles. The highest BCUT2D eigenvalue weighted by atomic mass is 32.2. The molecule has 0 bridgehead atoms. The summed E-state index contributed by atoms with van der Waals surface area (Å²) >= 11 is 5.10. The van der Waals surface area contributed by atoms with Gasteiger partial charge in [0.25, 0.3) is 11.8 Å². The van der Waals surface area contributed by atoms with E-state index >= 15 is 0 Å². The van der Waals surface area contributed by atoms with Crippen LogP contribution in [0.3, 0.4) is 0 Å². The number of aromatic nitrogens is 3. The van der Waals surface area contributed by atoms with Gasteiger partial charge in [-0.1, -0.05) is 28.3 Å². The Morgan fingerprint density at radius 2 is 2.25 bits per heavy atom. The van der Waals surface area contributed by atoms with E-state index < -0.39 is 29.2 Å². The molecule has 190 valence electrons. The number of hydrogen-bond acceptors (Lipinski definition) is 14. The van der Waals surface area contributed by atoms with Crippen LogP contribution in [0.5, 0.6) is 0 Å². The van der Waals surface area contributed by atoms with Gasteiger partial charge in [0.2, 0.25) is 6.41 Å². The molecule has 2 atom stereocenters. The second kappa shape index (κ2) is 11.8. The number of nitrogens with one attached hydrogen (secondary N) is 2. The summed E-state index contributed by atoms with van der Waals surface area (Å²) in [6.45, 7) is 0.200. The molecular formula is C18H18N8O6S4. The molecule has 2 aromatic heterocycles. The molecule has 18 heteroatoms. The van der Waals surface area contributed by atoms with Crippen LogP contribution in [0.1, 0.15) is 5.69 Å². The highest BCUT2D eigenvalue weighted by Gasteiger charge is 2.54. The minimum absolute atomic E-state index is 0.0413. The molecule has 0 spiro atoms. The number of amides is 3. The normalized spacial score (nSPS) is 19.4. The van der Waals surface area contributed by atoms with Gasteiger partial charge in [-0.3, -0.25) is 19.3 Å². The topological polar surface area (TPSA) is 202 Å². The second-order valence-corrected chi connectivity index (χ2v) is 11.0. The average Bonchev–Trinajstić information content (AvgIpc) is 3.55. The van der Waals surface area contributed by atoms with Crippen LogP contribution >= 0.6 is 46.2 Å². The van der Waals surface area contributed by atoms with E-state index in [4.69, 9.17) is 10.6 Å². The Bertz CT molecular complexity index is 1220. The SMILES string of the molecule is NCCON=C(C(=O)NC1C(=O)N2C(C(=O)O)=C(CSc3nncs3)CS[C@H]12)c1csc(NC=O)n1. The molecular weight excluding hydrogens is 553 g/mol. The van der Waals surface area contributed by atoms with Crippen molar-refractivity contribution >= 4 is 81.2 Å². The average molecular weight is 571 g/mol. The molecule has 4 heterocycles. The predicted octanol–water partition coefficient (Wildman–Crippen LogP) is -0.227. The first kappa shape index (κ1) is 26.0. The number of rotatable bonds is 12. The number of carboxylic acid groups (broad SMARTS) is 1. The van der Waals surface area contributed by atoms with E-state index in [-0.39, 0.29) is 35.4 Å². The van der Waals surface area contributed by atoms with Gasteiger partial charge >= 0.3 is 5.97 Å². The Morgan fingerprint density at radius 3 is 2.94 bits per heavy atom. The van der Waals surface area contributed by atoms with Gasteiger partial charge in [-0.2, -0.15) is 0 Å². The Hall–Kier alpha value is -3.06. The van der Waals surface area contributed by atoms with Gasteiger partial charge in [0.05, 0.1) is 0 Å². The van der Waals surface area contributed by atoms with Crippen molar-refractivity contribution in [2.24, 2.45) is 10.9 Å². The van der Waals surface area contributed by atoms with Crippen LogP contribution in [0.15, 0.2) is 31.7 Å². The number of nitrogens with two attached hydrogens (primary N) is 1. The molecule has 1 saturated heterocycles. The van der Waals surface area contributed by atoms with E-state index in [1.165, 1.54) is 45.1 Å². The lowest BCUT2D eigenvalue weighted by atomic mass is 10.0. The summed E-state index contributed by atoms with van der Waals surface area (Å²) < 4.78 is 0.691. The number of hydrogen-bond donors (Lipinski definition) is 4. The van der Waals surface area contributed by atoms with E-state index in [1.54, 1.807) is 5.51 Å². The van der Waals surface area contributed by atoms with Crippen LogP contribution in [0.2, 0.25) is 0 Å². The fourth-order valence-electron chi connectivity index (χ4n) is 3.25. The maximum Gasteiger partial charge on any atom is 0.352 e. The van der Waals surface area contributed by atoms with Crippen LogP contribution in [0.25, 0.3) is 0 Å². The smallest absolute Gasteiger partial charge is 0.352 e. The third kappa shape index (κ3) is 5.51. The van der Waals surface area contributed by atoms with E-state index in [0.717, 1.165) is 11.3 Å². The first-order valence-corrected chi connectivity index (χ1v) is 13.9. The zero-order valence-electron chi connectivity index (χ0n) is 18.2. The number of thioether (sulfide) groups is 2. The molecule has 0 saturated carbocycles. The number of oxime groups is 1. The predicted molar refractivity (Wildman–Crippen MR) is 134 cm³/mol. The first-order chi connectivity index (χ1) is 17.4. The summed E-state index contributed by atoms with van der Waals surface area (Å²) in [4.78, 5) is 59.0. The lowest BCUT2D eigenvalue weighted by Crippen LogP contribution is -2.71. The van der Waals surface area contributed by atoms with Crippen LogP contribution in [-0.4, -0.2) is 91.2 Å². The minimum Gasteiger partial charge on any atom is -0.477 e. The molecule has 4 rings (SSSR count). The van der Waals surface area contributed by atoms with Gasteiger partial charge < -0.3 is 26.3 Å². The fourth-order valence-corrected chi connectivity index (χ4v) is 6.87. The number of carbonyl (C=O) groups is 4. The first-order valence-electron chi connectivity index (χ1n) is 10.1. The molecule has 2 aliphatic heterocycles. The van der Waals surface area contributed by atoms with E-state index in [9.17, 15) is 24.3 Å². The lowest BCUT2D eigenvalue weighted by Gasteiger charge is -2.49. The molecule has 2 aromatic rings. The number of nitrogens with zero attached hydrogens (tertiary/aromatic N) is 5. The number of thiazole rings is 1. The molecule has 36 heavy (non-hydrogen) atoms. The molecule has 3 amide bonds. The number of anilines is 1. The van der Waals surface area contributed by atoms with E-state index in [2.05, 4.69) is 31.0 Å². The number of aliphatic carboxylic acids is 1. The Balaban J connectivity index is 1.49. The molecule has 5 N–H and O–H groups in total. The zero-order valence-corrected chi connectivity index (χ0v) is 21.4. The lowest BCUT2D eigenvalue weighted by molar-refractivity contribution is -0.150. The third-order valence-corrected chi connectivity index (χ3v) is 8.82. The summed E-state index contributed by atoms with van der Waals surface area (Å²) in [6, 6.07) is -0.972. The van der Waals surface area contributed by atoms with E-state index in [1.807, 2.05) is 0 Å². The molecule has 0 aliphatic carbocycles. The maximum atomic E-state index is 13.0. The molecule has 0 radical (unpaired) electrons. The fraction of sp³-hybridized carbons (Fsp3) is 0.333. The van der Waals surface area contributed by atoms with Crippen molar-refractivity contribution in [2.45, 2.75) is 15.8 Å². The van der Waals surface area contributed by atoms with Crippen molar-refractivity contribution in [1.29, 1.82) is 0 Å². The van der Waals surface area contributed by atoms with Crippen LogP contribution in [-0.2, 0) is 24.0 Å². The van der Waals surface area contributed by atoms with Crippen molar-refractivity contribution in [1.82, 2.24) is 25.4 Å². The monoisotopic (exact) mass is 570 g/mol. The van der Waals surface area contributed by atoms with Crippen molar-refractivity contribution in [3.63, 3.8) is 0 Å². The molecule has 2 aliphatic rings. The summed E-state index contributed by atoms with van der Waals surface area (Å²) in [5, 5.41) is 27.4. The standard InChI is InChI=1S/C18H18N8O6S4/c19-1-2-32-25-10(9-5-34-17(22-9)20-6-27)13(28)23-11-14(29)26-12(16(30)31)8(3-33-15(11)26)4-35-18-24-21-7-36-18/h5-7,11,15H,1-4,19H2,(H,23,28)(H,30,31)(H,20,22,27)/t11?,15-/m1/s1. The largest absolute Gasteiger partial charge is 0.477 e. The molecule has 1 fully saturated rings. The molecule has 1 unspecified atom stereocenters. The second-order valence-electron chi connectivity index (χ2n) is 6.97. The van der Waals surface area contributed by atoms with Gasteiger partial charge in [-0.05, 0) is 5.57 Å². The van der Waals surface area contributed by atoms with Crippen molar-refractivity contribution in [3.05, 3.63) is 27.9 Å².